The first-order chi connectivity index (χ1) is 15.9. The van der Waals surface area contributed by atoms with Gasteiger partial charge in [-0.05, 0) is 67.4 Å². The van der Waals surface area contributed by atoms with E-state index in [0.29, 0.717) is 29.2 Å². The van der Waals surface area contributed by atoms with E-state index in [1.165, 1.54) is 0 Å². The van der Waals surface area contributed by atoms with Gasteiger partial charge in [0.2, 0.25) is 5.78 Å². The lowest BCUT2D eigenvalue weighted by Crippen LogP contribution is -2.11. The number of allylic oxidation sites excluding steroid dienone is 1. The molecule has 0 radical (unpaired) electrons. The first kappa shape index (κ1) is 22.1. The van der Waals surface area contributed by atoms with Crippen LogP contribution in [0.25, 0.3) is 6.08 Å². The van der Waals surface area contributed by atoms with Crippen molar-refractivity contribution in [2.24, 2.45) is 0 Å². The molecule has 1 heterocycles. The Labute approximate surface area is 192 Å². The molecule has 0 bridgehead atoms. The molecule has 1 aliphatic heterocycles. The smallest absolute Gasteiger partial charge is 0.338 e. The van der Waals surface area contributed by atoms with Crippen molar-refractivity contribution in [3.63, 3.8) is 0 Å². The Morgan fingerprint density at radius 3 is 2.33 bits per heavy atom. The van der Waals surface area contributed by atoms with E-state index in [1.54, 1.807) is 43.5 Å². The van der Waals surface area contributed by atoms with Crippen LogP contribution >= 0.6 is 0 Å². The number of Topliss-reactive ketones (excluding diaryl/α,β-unsaturated/α-hetero) is 1. The molecule has 0 aromatic heterocycles. The van der Waals surface area contributed by atoms with E-state index in [1.807, 2.05) is 50.2 Å². The second-order valence-electron chi connectivity index (χ2n) is 7.81. The zero-order valence-electron chi connectivity index (χ0n) is 18.7. The third kappa shape index (κ3) is 5.23. The molecule has 33 heavy (non-hydrogen) atoms. The number of fused-ring (bicyclic) bond motifs is 1. The van der Waals surface area contributed by atoms with Gasteiger partial charge < -0.3 is 18.9 Å². The summed E-state index contributed by atoms with van der Waals surface area (Å²) in [4.78, 5) is 24.6. The number of hydrogen-bond acceptors (Lipinski definition) is 6. The summed E-state index contributed by atoms with van der Waals surface area (Å²) in [5.41, 5.74) is 2.72. The number of hydrogen-bond donors (Lipinski definition) is 0. The maximum absolute atomic E-state index is 12.7. The largest absolute Gasteiger partial charge is 0.497 e. The molecule has 0 unspecified atom stereocenters. The van der Waals surface area contributed by atoms with E-state index in [9.17, 15) is 9.59 Å². The number of benzene rings is 3. The van der Waals surface area contributed by atoms with Crippen molar-refractivity contribution < 1.29 is 28.5 Å². The highest BCUT2D eigenvalue weighted by atomic mass is 16.5. The van der Waals surface area contributed by atoms with Crippen LogP contribution < -0.4 is 14.2 Å². The molecular formula is C27H24O6. The van der Waals surface area contributed by atoms with Gasteiger partial charge in [0.25, 0.3) is 0 Å². The van der Waals surface area contributed by atoms with Gasteiger partial charge in [0, 0.05) is 6.07 Å². The van der Waals surface area contributed by atoms with Crippen LogP contribution in [0.15, 0.2) is 72.5 Å². The maximum atomic E-state index is 12.7. The SMILES string of the molecule is COc1ccc(/C=C2\Oc3cc(OCc4ccc(C(=O)OC(C)C)cc4)ccc3C2=O)cc1. The number of methoxy groups -OCH3 is 1. The van der Waals surface area contributed by atoms with E-state index in [0.717, 1.165) is 16.9 Å². The van der Waals surface area contributed by atoms with Crippen LogP contribution in [-0.2, 0) is 11.3 Å². The van der Waals surface area contributed by atoms with Gasteiger partial charge in [-0.1, -0.05) is 24.3 Å². The molecule has 1 aliphatic rings. The fourth-order valence-electron chi connectivity index (χ4n) is 3.29. The fourth-order valence-corrected chi connectivity index (χ4v) is 3.29. The van der Waals surface area contributed by atoms with E-state index in [4.69, 9.17) is 18.9 Å². The lowest BCUT2D eigenvalue weighted by atomic mass is 10.1. The van der Waals surface area contributed by atoms with Gasteiger partial charge in [-0.2, -0.15) is 0 Å². The lowest BCUT2D eigenvalue weighted by Gasteiger charge is -2.09. The van der Waals surface area contributed by atoms with Crippen LogP contribution in [0.1, 0.15) is 45.7 Å². The van der Waals surface area contributed by atoms with Crippen LogP contribution in [0, 0.1) is 0 Å². The van der Waals surface area contributed by atoms with Gasteiger partial charge >= 0.3 is 5.97 Å². The summed E-state index contributed by atoms with van der Waals surface area (Å²) in [5.74, 6) is 1.52. The second-order valence-corrected chi connectivity index (χ2v) is 7.81. The Morgan fingerprint density at radius 2 is 1.67 bits per heavy atom. The average Bonchev–Trinajstić information content (AvgIpc) is 3.12. The van der Waals surface area contributed by atoms with E-state index >= 15 is 0 Å². The van der Waals surface area contributed by atoms with Crippen LogP contribution in [0.2, 0.25) is 0 Å². The van der Waals surface area contributed by atoms with E-state index in [2.05, 4.69) is 0 Å². The molecule has 0 spiro atoms. The highest BCUT2D eigenvalue weighted by Crippen LogP contribution is 2.35. The molecule has 4 rings (SSSR count). The predicted molar refractivity (Wildman–Crippen MR) is 124 cm³/mol. The molecule has 6 nitrogen and oxygen atoms in total. The predicted octanol–water partition coefficient (Wildman–Crippen LogP) is 5.46. The quantitative estimate of drug-likeness (QED) is 0.356. The van der Waals surface area contributed by atoms with Crippen LogP contribution in [-0.4, -0.2) is 25.0 Å². The van der Waals surface area contributed by atoms with Crippen LogP contribution in [0.5, 0.6) is 17.2 Å². The molecule has 0 saturated heterocycles. The Kier molecular flexibility index (Phi) is 6.45. The molecule has 168 valence electrons. The summed E-state index contributed by atoms with van der Waals surface area (Å²) in [5, 5.41) is 0. The summed E-state index contributed by atoms with van der Waals surface area (Å²) in [6.07, 6.45) is 1.54. The zero-order valence-corrected chi connectivity index (χ0v) is 18.7. The molecule has 0 N–H and O–H groups in total. The Hall–Kier alpha value is -4.06. The molecule has 3 aromatic rings. The molecule has 0 fully saturated rings. The Bertz CT molecular complexity index is 1190. The highest BCUT2D eigenvalue weighted by Gasteiger charge is 2.27. The van der Waals surface area contributed by atoms with Crippen LogP contribution in [0.4, 0.5) is 0 Å². The van der Waals surface area contributed by atoms with Crippen molar-refractivity contribution in [2.45, 2.75) is 26.6 Å². The summed E-state index contributed by atoms with van der Waals surface area (Å²) in [6, 6.07) is 19.6. The van der Waals surface area contributed by atoms with Gasteiger partial charge in [0.05, 0.1) is 24.3 Å². The number of ether oxygens (including phenoxy) is 4. The molecule has 3 aromatic carbocycles. The first-order valence-corrected chi connectivity index (χ1v) is 10.6. The molecule has 0 atom stereocenters. The van der Waals surface area contributed by atoms with Crippen molar-refractivity contribution >= 4 is 17.8 Å². The Morgan fingerprint density at radius 1 is 0.970 bits per heavy atom. The number of esters is 1. The number of carbonyl (C=O) groups is 2. The van der Waals surface area contributed by atoms with Gasteiger partial charge in [-0.3, -0.25) is 4.79 Å². The minimum Gasteiger partial charge on any atom is -0.497 e. The summed E-state index contributed by atoms with van der Waals surface area (Å²) < 4.78 is 22.0. The Balaban J connectivity index is 1.40. The number of rotatable bonds is 7. The zero-order chi connectivity index (χ0) is 23.4. The standard InChI is InChI=1S/C27H24O6/c1-17(2)32-27(29)20-8-4-19(5-9-20)16-31-22-12-13-23-24(15-22)33-25(26(23)28)14-18-6-10-21(30-3)11-7-18/h4-15,17H,16H2,1-3H3/b25-14-. The summed E-state index contributed by atoms with van der Waals surface area (Å²) in [6.45, 7) is 3.93. The van der Waals surface area contributed by atoms with Crippen molar-refractivity contribution in [1.82, 2.24) is 0 Å². The third-order valence-corrected chi connectivity index (χ3v) is 4.99. The van der Waals surface area contributed by atoms with E-state index in [-0.39, 0.29) is 23.6 Å². The fraction of sp³-hybridized carbons (Fsp3) is 0.185. The number of carbonyl (C=O) groups excluding carboxylic acids is 2. The number of ketones is 1. The molecule has 0 saturated carbocycles. The summed E-state index contributed by atoms with van der Waals surface area (Å²) >= 11 is 0. The second kappa shape index (κ2) is 9.61. The normalized spacial score (nSPS) is 13.6. The molecule has 0 amide bonds. The van der Waals surface area contributed by atoms with Gasteiger partial charge in [-0.15, -0.1) is 0 Å². The minimum absolute atomic E-state index is 0.166. The lowest BCUT2D eigenvalue weighted by molar-refractivity contribution is 0.0377. The third-order valence-electron chi connectivity index (χ3n) is 4.99. The van der Waals surface area contributed by atoms with Crippen LogP contribution in [0.3, 0.4) is 0 Å². The first-order valence-electron chi connectivity index (χ1n) is 10.6. The average molecular weight is 444 g/mol. The monoisotopic (exact) mass is 444 g/mol. The maximum Gasteiger partial charge on any atom is 0.338 e. The molecule has 6 heteroatoms. The van der Waals surface area contributed by atoms with Crippen molar-refractivity contribution in [2.75, 3.05) is 7.11 Å². The van der Waals surface area contributed by atoms with Crippen molar-refractivity contribution in [3.8, 4) is 17.2 Å². The van der Waals surface area contributed by atoms with Gasteiger partial charge in [0.15, 0.2) is 5.76 Å². The molecule has 0 aliphatic carbocycles. The van der Waals surface area contributed by atoms with E-state index < -0.39 is 0 Å². The topological polar surface area (TPSA) is 71.1 Å². The van der Waals surface area contributed by atoms with Crippen molar-refractivity contribution in [3.05, 3.63) is 94.7 Å². The molecular weight excluding hydrogens is 420 g/mol. The minimum atomic E-state index is -0.351. The summed E-state index contributed by atoms with van der Waals surface area (Å²) in [7, 11) is 1.60. The van der Waals surface area contributed by atoms with Gasteiger partial charge in [0.1, 0.15) is 23.9 Å². The highest BCUT2D eigenvalue weighted by molar-refractivity contribution is 6.14. The van der Waals surface area contributed by atoms with Gasteiger partial charge in [-0.25, -0.2) is 4.79 Å². The van der Waals surface area contributed by atoms with Crippen molar-refractivity contribution in [1.29, 1.82) is 0 Å².